The van der Waals surface area contributed by atoms with E-state index in [0.29, 0.717) is 6.04 Å². The first kappa shape index (κ1) is 9.53. The monoisotopic (exact) mass is 191 g/mol. The second kappa shape index (κ2) is 4.01. The number of aryl methyl sites for hydroxylation is 1. The maximum atomic E-state index is 5.24. The molecule has 0 aromatic heterocycles. The molecule has 2 rings (SSSR count). The molecule has 1 saturated heterocycles. The SMILES string of the molecule is COc1ccc([C@@H]2CCCN2)cc1C. The van der Waals surface area contributed by atoms with Crippen LogP contribution in [0.4, 0.5) is 0 Å². The van der Waals surface area contributed by atoms with Crippen LogP contribution in [0, 0.1) is 6.92 Å². The van der Waals surface area contributed by atoms with Gasteiger partial charge in [-0.3, -0.25) is 0 Å². The molecule has 0 radical (unpaired) electrons. The average Bonchev–Trinajstić information content (AvgIpc) is 2.70. The van der Waals surface area contributed by atoms with Gasteiger partial charge in [0.1, 0.15) is 5.75 Å². The first-order valence-electron chi connectivity index (χ1n) is 5.19. The van der Waals surface area contributed by atoms with Gasteiger partial charge < -0.3 is 10.1 Å². The van der Waals surface area contributed by atoms with E-state index in [-0.39, 0.29) is 0 Å². The molecule has 2 nitrogen and oxygen atoms in total. The van der Waals surface area contributed by atoms with Crippen LogP contribution in [-0.4, -0.2) is 13.7 Å². The van der Waals surface area contributed by atoms with Crippen LogP contribution >= 0.6 is 0 Å². The summed E-state index contributed by atoms with van der Waals surface area (Å²) < 4.78 is 5.24. The lowest BCUT2D eigenvalue weighted by Gasteiger charge is -2.13. The van der Waals surface area contributed by atoms with Gasteiger partial charge in [-0.25, -0.2) is 0 Å². The van der Waals surface area contributed by atoms with Crippen molar-refractivity contribution in [2.45, 2.75) is 25.8 Å². The van der Waals surface area contributed by atoms with E-state index in [4.69, 9.17) is 4.74 Å². The summed E-state index contributed by atoms with van der Waals surface area (Å²) in [6.07, 6.45) is 2.54. The third-order valence-electron chi connectivity index (χ3n) is 2.88. The average molecular weight is 191 g/mol. The fraction of sp³-hybridized carbons (Fsp3) is 0.500. The first-order valence-corrected chi connectivity index (χ1v) is 5.19. The molecular weight excluding hydrogens is 174 g/mol. The predicted octanol–water partition coefficient (Wildman–Crippen LogP) is 2.43. The molecule has 0 aliphatic carbocycles. The number of hydrogen-bond donors (Lipinski definition) is 1. The van der Waals surface area contributed by atoms with E-state index < -0.39 is 0 Å². The molecule has 0 spiro atoms. The van der Waals surface area contributed by atoms with E-state index >= 15 is 0 Å². The second-order valence-corrected chi connectivity index (χ2v) is 3.88. The fourth-order valence-corrected chi connectivity index (χ4v) is 2.09. The Kier molecular flexibility index (Phi) is 2.73. The minimum atomic E-state index is 0.555. The summed E-state index contributed by atoms with van der Waals surface area (Å²) in [5.41, 5.74) is 2.61. The largest absolute Gasteiger partial charge is 0.496 e. The normalized spacial score (nSPS) is 21.1. The third-order valence-corrected chi connectivity index (χ3v) is 2.88. The molecule has 76 valence electrons. The lowest BCUT2D eigenvalue weighted by atomic mass is 10.0. The standard InChI is InChI=1S/C12H17NO/c1-9-8-10(5-6-12(9)14-2)11-4-3-7-13-11/h5-6,8,11,13H,3-4,7H2,1-2H3/t11-/m0/s1. The Morgan fingerprint density at radius 1 is 1.43 bits per heavy atom. The van der Waals surface area contributed by atoms with Gasteiger partial charge in [-0.05, 0) is 43.5 Å². The minimum Gasteiger partial charge on any atom is -0.496 e. The van der Waals surface area contributed by atoms with Gasteiger partial charge >= 0.3 is 0 Å². The van der Waals surface area contributed by atoms with Crippen molar-refractivity contribution in [2.75, 3.05) is 13.7 Å². The number of nitrogens with one attached hydrogen (secondary N) is 1. The molecule has 0 amide bonds. The summed E-state index contributed by atoms with van der Waals surface area (Å²) in [6.45, 7) is 3.24. The van der Waals surface area contributed by atoms with Crippen LogP contribution in [0.1, 0.15) is 30.0 Å². The van der Waals surface area contributed by atoms with Gasteiger partial charge in [-0.15, -0.1) is 0 Å². The molecule has 0 unspecified atom stereocenters. The fourth-order valence-electron chi connectivity index (χ4n) is 2.09. The smallest absolute Gasteiger partial charge is 0.121 e. The molecule has 1 aromatic rings. The Balaban J connectivity index is 2.23. The Bertz CT molecular complexity index is 316. The summed E-state index contributed by atoms with van der Waals surface area (Å²) >= 11 is 0. The van der Waals surface area contributed by atoms with Crippen LogP contribution < -0.4 is 10.1 Å². The van der Waals surface area contributed by atoms with Gasteiger partial charge in [-0.1, -0.05) is 12.1 Å². The van der Waals surface area contributed by atoms with Gasteiger partial charge in [-0.2, -0.15) is 0 Å². The Labute approximate surface area is 85.3 Å². The zero-order valence-electron chi connectivity index (χ0n) is 8.84. The summed E-state index contributed by atoms with van der Waals surface area (Å²) in [6, 6.07) is 7.00. The zero-order chi connectivity index (χ0) is 9.97. The van der Waals surface area contributed by atoms with Crippen LogP contribution in [0.2, 0.25) is 0 Å². The van der Waals surface area contributed by atoms with Crippen molar-refractivity contribution in [3.63, 3.8) is 0 Å². The van der Waals surface area contributed by atoms with Crippen molar-refractivity contribution in [1.29, 1.82) is 0 Å². The summed E-state index contributed by atoms with van der Waals surface area (Å²) in [5, 5.41) is 3.50. The van der Waals surface area contributed by atoms with Gasteiger partial charge in [0, 0.05) is 6.04 Å². The number of rotatable bonds is 2. The van der Waals surface area contributed by atoms with Crippen LogP contribution in [0.15, 0.2) is 18.2 Å². The molecule has 0 bridgehead atoms. The van der Waals surface area contributed by atoms with Gasteiger partial charge in [0.05, 0.1) is 7.11 Å². The number of benzene rings is 1. The lowest BCUT2D eigenvalue weighted by Crippen LogP contribution is -2.12. The number of methoxy groups -OCH3 is 1. The molecule has 1 atom stereocenters. The highest BCUT2D eigenvalue weighted by Gasteiger charge is 2.16. The van der Waals surface area contributed by atoms with Crippen molar-refractivity contribution < 1.29 is 4.74 Å². The Morgan fingerprint density at radius 3 is 2.86 bits per heavy atom. The van der Waals surface area contributed by atoms with Crippen molar-refractivity contribution in [3.8, 4) is 5.75 Å². The molecule has 1 aliphatic heterocycles. The third kappa shape index (κ3) is 1.75. The molecule has 1 aromatic carbocycles. The van der Waals surface area contributed by atoms with E-state index in [0.717, 1.165) is 12.3 Å². The Morgan fingerprint density at radius 2 is 2.29 bits per heavy atom. The van der Waals surface area contributed by atoms with E-state index in [1.54, 1.807) is 7.11 Å². The van der Waals surface area contributed by atoms with Gasteiger partial charge in [0.25, 0.3) is 0 Å². The molecule has 1 fully saturated rings. The maximum Gasteiger partial charge on any atom is 0.121 e. The summed E-state index contributed by atoms with van der Waals surface area (Å²) in [4.78, 5) is 0. The van der Waals surface area contributed by atoms with E-state index in [9.17, 15) is 0 Å². The number of ether oxygens (including phenoxy) is 1. The molecular formula is C12H17NO. The molecule has 1 N–H and O–H groups in total. The van der Waals surface area contributed by atoms with Crippen LogP contribution in [0.3, 0.4) is 0 Å². The Hall–Kier alpha value is -1.02. The minimum absolute atomic E-state index is 0.555. The van der Waals surface area contributed by atoms with E-state index in [2.05, 4.69) is 30.4 Å². The molecule has 14 heavy (non-hydrogen) atoms. The lowest BCUT2D eigenvalue weighted by molar-refractivity contribution is 0.411. The molecule has 1 aliphatic rings. The predicted molar refractivity (Wildman–Crippen MR) is 57.7 cm³/mol. The summed E-state index contributed by atoms with van der Waals surface area (Å²) in [7, 11) is 1.72. The van der Waals surface area contributed by atoms with Crippen molar-refractivity contribution >= 4 is 0 Å². The maximum absolute atomic E-state index is 5.24. The quantitative estimate of drug-likeness (QED) is 0.775. The van der Waals surface area contributed by atoms with Gasteiger partial charge in [0.2, 0.25) is 0 Å². The van der Waals surface area contributed by atoms with Crippen LogP contribution in [0.25, 0.3) is 0 Å². The van der Waals surface area contributed by atoms with Crippen molar-refractivity contribution in [3.05, 3.63) is 29.3 Å². The molecule has 1 heterocycles. The van der Waals surface area contributed by atoms with Crippen LogP contribution in [-0.2, 0) is 0 Å². The first-order chi connectivity index (χ1) is 6.81. The highest BCUT2D eigenvalue weighted by atomic mass is 16.5. The zero-order valence-corrected chi connectivity index (χ0v) is 8.84. The molecule has 2 heteroatoms. The van der Waals surface area contributed by atoms with E-state index in [1.165, 1.54) is 24.0 Å². The topological polar surface area (TPSA) is 21.3 Å². The number of hydrogen-bond acceptors (Lipinski definition) is 2. The van der Waals surface area contributed by atoms with Crippen molar-refractivity contribution in [2.24, 2.45) is 0 Å². The molecule has 0 saturated carbocycles. The van der Waals surface area contributed by atoms with Crippen LogP contribution in [0.5, 0.6) is 5.75 Å². The highest BCUT2D eigenvalue weighted by Crippen LogP contribution is 2.27. The van der Waals surface area contributed by atoms with E-state index in [1.807, 2.05) is 0 Å². The van der Waals surface area contributed by atoms with Crippen molar-refractivity contribution in [1.82, 2.24) is 5.32 Å². The van der Waals surface area contributed by atoms with Gasteiger partial charge in [0.15, 0.2) is 0 Å². The summed E-state index contributed by atoms with van der Waals surface area (Å²) in [5.74, 6) is 0.978. The highest BCUT2D eigenvalue weighted by molar-refractivity contribution is 5.37. The second-order valence-electron chi connectivity index (χ2n) is 3.88.